The number of amides is 1. The van der Waals surface area contributed by atoms with Crippen molar-refractivity contribution in [1.29, 1.82) is 0 Å². The maximum atomic E-state index is 14.4. The van der Waals surface area contributed by atoms with Gasteiger partial charge in [0, 0.05) is 34.3 Å². The number of benzene rings is 1. The van der Waals surface area contributed by atoms with Crippen LogP contribution in [0.3, 0.4) is 0 Å². The fraction of sp³-hybridized carbons (Fsp3) is 0.740. The summed E-state index contributed by atoms with van der Waals surface area (Å²) in [5.41, 5.74) is 0.193. The van der Waals surface area contributed by atoms with Gasteiger partial charge in [-0.25, -0.2) is 0 Å². The van der Waals surface area contributed by atoms with E-state index in [4.69, 9.17) is 21.1 Å². The maximum Gasteiger partial charge on any atom is 0.310 e. The van der Waals surface area contributed by atoms with Crippen molar-refractivity contribution in [3.05, 3.63) is 46.0 Å². The molecule has 6 aliphatic carbocycles. The number of hydrogen-bond donors (Lipinski definition) is 1. The third-order valence-corrected chi connectivity index (χ3v) is 18.3. The minimum absolute atomic E-state index is 0. The minimum Gasteiger partial charge on any atom is -0.464 e. The van der Waals surface area contributed by atoms with Gasteiger partial charge in [0.25, 0.3) is 6.47 Å². The number of hydrogen-bond acceptors (Lipinski definition) is 7. The van der Waals surface area contributed by atoms with Crippen LogP contribution in [0.25, 0.3) is 0 Å². The molecule has 6 aliphatic rings. The zero-order valence-electron chi connectivity index (χ0n) is 36.9. The molecule has 0 spiro atoms. The van der Waals surface area contributed by atoms with Crippen molar-refractivity contribution in [3.8, 4) is 0 Å². The lowest BCUT2D eigenvalue weighted by molar-refractivity contribution is -0.236. The number of Topliss-reactive ketones (excluding diaryl/α,β-unsaturated/α-hetero) is 2. The summed E-state index contributed by atoms with van der Waals surface area (Å²) < 4.78 is 11.7. The number of ketones is 2. The lowest BCUT2D eigenvalue weighted by Crippen LogP contribution is -2.67. The highest BCUT2D eigenvalue weighted by Gasteiger charge is 2.70. The normalized spacial score (nSPS) is 38.0. The van der Waals surface area contributed by atoms with Crippen LogP contribution in [0.4, 0.5) is 0 Å². The van der Waals surface area contributed by atoms with Crippen molar-refractivity contribution in [3.63, 3.8) is 0 Å². The first kappa shape index (κ1) is 45.5. The first-order valence-electron chi connectivity index (χ1n) is 22.1. The van der Waals surface area contributed by atoms with Gasteiger partial charge in [-0.3, -0.25) is 24.0 Å². The summed E-state index contributed by atoms with van der Waals surface area (Å²) in [6, 6.07) is 6.80. The first-order valence-corrected chi connectivity index (χ1v) is 22.5. The van der Waals surface area contributed by atoms with E-state index in [1.807, 2.05) is 27.7 Å². The zero-order valence-corrected chi connectivity index (χ0v) is 37.7. The van der Waals surface area contributed by atoms with E-state index in [0.29, 0.717) is 41.7 Å². The Morgan fingerprint density at radius 3 is 2.14 bits per heavy atom. The van der Waals surface area contributed by atoms with Gasteiger partial charge in [-0.05, 0) is 133 Å². The van der Waals surface area contributed by atoms with E-state index in [1.54, 1.807) is 24.3 Å². The van der Waals surface area contributed by atoms with Crippen molar-refractivity contribution in [2.24, 2.45) is 62.1 Å². The minimum atomic E-state index is -0.987. The number of ether oxygens (including phenoxy) is 2. The van der Waals surface area contributed by atoms with Gasteiger partial charge in [0.2, 0.25) is 5.91 Å². The third kappa shape index (κ3) is 6.87. The Morgan fingerprint density at radius 1 is 0.864 bits per heavy atom. The Kier molecular flexibility index (Phi) is 11.7. The first-order chi connectivity index (χ1) is 26.9. The van der Waals surface area contributed by atoms with Crippen molar-refractivity contribution in [2.45, 2.75) is 172 Å². The molecule has 0 unspecified atom stereocenters. The summed E-state index contributed by atoms with van der Waals surface area (Å²) in [5.74, 6) is 0.440. The molecule has 0 saturated heterocycles. The summed E-state index contributed by atoms with van der Waals surface area (Å²) in [6.45, 7) is 24.6. The molecule has 0 bridgehead atoms. The monoisotopic (exact) mass is 833 g/mol. The Bertz CT molecular complexity index is 1910. The summed E-state index contributed by atoms with van der Waals surface area (Å²) in [4.78, 5) is 66.7. The van der Waals surface area contributed by atoms with Crippen LogP contribution in [0, 0.1) is 62.1 Å². The predicted octanol–water partition coefficient (Wildman–Crippen LogP) is 10.9. The molecule has 10 atom stereocenters. The molecule has 8 nitrogen and oxygen atoms in total. The Hall–Kier alpha value is -3.00. The molecule has 1 amide bonds. The van der Waals surface area contributed by atoms with Gasteiger partial charge in [-0.2, -0.15) is 0 Å². The Balaban J connectivity index is 0.00000585. The van der Waals surface area contributed by atoms with E-state index in [1.165, 1.54) is 5.57 Å². The van der Waals surface area contributed by atoms with Gasteiger partial charge in [0.05, 0.1) is 16.9 Å². The van der Waals surface area contributed by atoms with Crippen molar-refractivity contribution < 1.29 is 33.4 Å². The van der Waals surface area contributed by atoms with Crippen LogP contribution in [-0.2, 0) is 28.7 Å². The summed E-state index contributed by atoms with van der Waals surface area (Å²) in [6.07, 6.45) is 7.94. The number of rotatable bonds is 10. The fourth-order valence-corrected chi connectivity index (χ4v) is 14.5. The number of fused-ring (bicyclic) bond motifs is 7. The molecule has 0 heterocycles. The molecule has 9 heteroatoms. The third-order valence-electron chi connectivity index (χ3n) is 18.0. The average molecular weight is 835 g/mol. The van der Waals surface area contributed by atoms with Gasteiger partial charge >= 0.3 is 5.97 Å². The molecular formula is C50H72ClNO7. The highest BCUT2D eigenvalue weighted by Crippen LogP contribution is 2.76. The van der Waals surface area contributed by atoms with Crippen LogP contribution in [-0.4, -0.2) is 47.7 Å². The van der Waals surface area contributed by atoms with E-state index in [2.05, 4.69) is 53.8 Å². The summed E-state index contributed by atoms with van der Waals surface area (Å²) in [7, 11) is 0. The van der Waals surface area contributed by atoms with Crippen molar-refractivity contribution in [2.75, 3.05) is 0 Å². The van der Waals surface area contributed by atoms with E-state index in [-0.39, 0.29) is 95.3 Å². The topological polar surface area (TPSA) is 116 Å². The largest absolute Gasteiger partial charge is 0.464 e. The standard InChI is InChI=1S/C49H68ClNO7.CH4/c1-28(2)39-34(54)26-49(51-42(56)43(3,4)25-33(53)29-12-14-30(50)15-13-29)23-22-47(10)31(40(39)49)16-17-36-46(9)20-19-37(45(7,8)35(46)18-21-48(36,47)11)58-41(55)32-24-38(57-27-52)44(32,5)6;/h12-15,27-28,31-32,35-38H,16-26H2,1-11H3,(H,51,56);1H4/t31-,32-,35+,36-,37+,38-,46+,47-,48-,49-;/m1./s1. The van der Waals surface area contributed by atoms with Crippen LogP contribution in [0.5, 0.6) is 0 Å². The van der Waals surface area contributed by atoms with Crippen LogP contribution in [0.2, 0.25) is 5.02 Å². The van der Waals surface area contributed by atoms with Gasteiger partial charge < -0.3 is 14.8 Å². The maximum absolute atomic E-state index is 14.4. The molecule has 7 rings (SSSR count). The molecular weight excluding hydrogens is 762 g/mol. The van der Waals surface area contributed by atoms with Gasteiger partial charge in [-0.1, -0.05) is 95.2 Å². The highest BCUT2D eigenvalue weighted by atomic mass is 35.5. The Morgan fingerprint density at radius 2 is 1.53 bits per heavy atom. The smallest absolute Gasteiger partial charge is 0.310 e. The molecule has 5 saturated carbocycles. The molecule has 59 heavy (non-hydrogen) atoms. The number of esters is 1. The van der Waals surface area contributed by atoms with E-state index >= 15 is 0 Å². The second-order valence-electron chi connectivity index (χ2n) is 22.3. The van der Waals surface area contributed by atoms with Crippen LogP contribution in [0.1, 0.15) is 165 Å². The number of carbonyl (C=O) groups is 5. The summed E-state index contributed by atoms with van der Waals surface area (Å²) in [5, 5.41) is 4.06. The highest BCUT2D eigenvalue weighted by molar-refractivity contribution is 6.30. The molecule has 0 radical (unpaired) electrons. The lowest BCUT2D eigenvalue weighted by Gasteiger charge is -2.72. The quantitative estimate of drug-likeness (QED) is 0.142. The van der Waals surface area contributed by atoms with Crippen LogP contribution < -0.4 is 5.32 Å². The number of halogens is 1. The molecule has 0 aliphatic heterocycles. The number of nitrogens with one attached hydrogen (secondary N) is 1. The second-order valence-corrected chi connectivity index (χ2v) is 22.8. The molecule has 1 aromatic carbocycles. The number of allylic oxidation sites excluding steroid dienone is 1. The van der Waals surface area contributed by atoms with Crippen molar-refractivity contribution in [1.82, 2.24) is 5.32 Å². The molecule has 326 valence electrons. The van der Waals surface area contributed by atoms with Crippen molar-refractivity contribution >= 4 is 41.5 Å². The zero-order chi connectivity index (χ0) is 42.6. The van der Waals surface area contributed by atoms with E-state index in [9.17, 15) is 24.0 Å². The average Bonchev–Trinajstić information content (AvgIpc) is 3.43. The van der Waals surface area contributed by atoms with Crippen LogP contribution in [0.15, 0.2) is 35.4 Å². The van der Waals surface area contributed by atoms with E-state index < -0.39 is 16.4 Å². The van der Waals surface area contributed by atoms with Gasteiger partial charge in [0.1, 0.15) is 12.2 Å². The molecule has 1 N–H and O–H groups in total. The Labute approximate surface area is 359 Å². The van der Waals surface area contributed by atoms with Gasteiger partial charge in [0.15, 0.2) is 11.6 Å². The lowest BCUT2D eigenvalue weighted by atomic mass is 9.33. The number of carbonyl (C=O) groups excluding carboxylic acids is 5. The molecule has 1 aromatic rings. The predicted molar refractivity (Wildman–Crippen MR) is 231 cm³/mol. The SMILES string of the molecule is C.CC(C)C1=C2[C@H]3CC[C@@H]4[C@@]5(C)CC[C@H](OC(=O)[C@H]6C[C@@H](OC=O)C6(C)C)C(C)(C)[C@@H]5CC[C@@]4(C)[C@]3(C)CC[C@@]2(NC(=O)C(C)(C)CC(=O)c2ccc(Cl)cc2)CC1=O. The van der Waals surface area contributed by atoms with Gasteiger partial charge in [-0.15, -0.1) is 0 Å². The summed E-state index contributed by atoms with van der Waals surface area (Å²) >= 11 is 6.08. The van der Waals surface area contributed by atoms with E-state index in [0.717, 1.165) is 50.5 Å². The molecule has 0 aromatic heterocycles. The fourth-order valence-electron chi connectivity index (χ4n) is 14.4. The second kappa shape index (κ2) is 15.1. The van der Waals surface area contributed by atoms with Crippen LogP contribution >= 0.6 is 11.6 Å². The molecule has 5 fully saturated rings.